The molecule has 24 heavy (non-hydrogen) atoms. The summed E-state index contributed by atoms with van der Waals surface area (Å²) in [4.78, 5) is 25.2. The molecule has 1 fully saturated rings. The van der Waals surface area contributed by atoms with Gasteiger partial charge < -0.3 is 0 Å². The summed E-state index contributed by atoms with van der Waals surface area (Å²) < 4.78 is 1.59. The highest BCUT2D eigenvalue weighted by Crippen LogP contribution is 2.38. The van der Waals surface area contributed by atoms with Gasteiger partial charge in [0.25, 0.3) is 0 Å². The standard InChI is InChI=1S/C18H20ClN3O2/c1-4-5-12-8-14(23)17(18(12)24)16-10(2)6-13(7-11(16)3)22-9-15(19)20-21-22/h6-7,9,12,17H,4-5,8H2,1-3H3. The van der Waals surface area contributed by atoms with Gasteiger partial charge in [-0.25, -0.2) is 4.68 Å². The van der Waals surface area contributed by atoms with Crippen LogP contribution in [-0.2, 0) is 9.59 Å². The predicted octanol–water partition coefficient (Wildman–Crippen LogP) is 3.58. The zero-order valence-corrected chi connectivity index (χ0v) is 14.8. The van der Waals surface area contributed by atoms with Gasteiger partial charge in [-0.2, -0.15) is 0 Å². The quantitative estimate of drug-likeness (QED) is 0.794. The molecule has 2 unspecified atom stereocenters. The van der Waals surface area contributed by atoms with E-state index in [0.717, 1.165) is 35.2 Å². The first-order valence-electron chi connectivity index (χ1n) is 8.18. The lowest BCUT2D eigenvalue weighted by Gasteiger charge is -2.17. The highest BCUT2D eigenvalue weighted by atomic mass is 35.5. The lowest BCUT2D eigenvalue weighted by molar-refractivity contribution is -0.124. The number of Topliss-reactive ketones (excluding diaryl/α,β-unsaturated/α-hetero) is 2. The fraction of sp³-hybridized carbons (Fsp3) is 0.444. The minimum Gasteiger partial charge on any atom is -0.298 e. The Morgan fingerprint density at radius 1 is 1.25 bits per heavy atom. The molecule has 1 aromatic heterocycles. The van der Waals surface area contributed by atoms with Crippen LogP contribution in [0.25, 0.3) is 5.69 Å². The van der Waals surface area contributed by atoms with E-state index in [9.17, 15) is 9.59 Å². The summed E-state index contributed by atoms with van der Waals surface area (Å²) in [5, 5.41) is 8.06. The van der Waals surface area contributed by atoms with Crippen LogP contribution < -0.4 is 0 Å². The second-order valence-corrected chi connectivity index (χ2v) is 6.86. The topological polar surface area (TPSA) is 64.8 Å². The molecule has 1 saturated carbocycles. The molecule has 3 rings (SSSR count). The minimum atomic E-state index is -0.616. The third-order valence-corrected chi connectivity index (χ3v) is 4.86. The van der Waals surface area contributed by atoms with E-state index >= 15 is 0 Å². The average molecular weight is 346 g/mol. The number of benzene rings is 1. The number of hydrogen-bond acceptors (Lipinski definition) is 4. The molecule has 0 amide bonds. The van der Waals surface area contributed by atoms with Crippen molar-refractivity contribution in [3.05, 3.63) is 40.2 Å². The van der Waals surface area contributed by atoms with Gasteiger partial charge in [0.2, 0.25) is 0 Å². The molecule has 2 atom stereocenters. The van der Waals surface area contributed by atoms with Crippen LogP contribution in [0.1, 0.15) is 48.8 Å². The molecular weight excluding hydrogens is 326 g/mol. The first-order chi connectivity index (χ1) is 11.4. The predicted molar refractivity (Wildman–Crippen MR) is 91.6 cm³/mol. The second kappa shape index (κ2) is 6.48. The van der Waals surface area contributed by atoms with Gasteiger partial charge in [0.05, 0.1) is 11.9 Å². The first kappa shape index (κ1) is 16.8. The maximum absolute atomic E-state index is 12.7. The number of aromatic nitrogens is 3. The molecule has 5 nitrogen and oxygen atoms in total. The van der Waals surface area contributed by atoms with Gasteiger partial charge in [0.1, 0.15) is 11.7 Å². The van der Waals surface area contributed by atoms with E-state index in [2.05, 4.69) is 10.3 Å². The summed E-state index contributed by atoms with van der Waals surface area (Å²) in [5.74, 6) is -0.624. The van der Waals surface area contributed by atoms with E-state index in [4.69, 9.17) is 11.6 Å². The van der Waals surface area contributed by atoms with Crippen LogP contribution in [0.5, 0.6) is 0 Å². The van der Waals surface area contributed by atoms with Crippen LogP contribution in [0, 0.1) is 19.8 Å². The minimum absolute atomic E-state index is 0.0428. The Hall–Kier alpha value is -2.01. The molecule has 1 aromatic carbocycles. The van der Waals surface area contributed by atoms with Crippen LogP contribution >= 0.6 is 11.6 Å². The van der Waals surface area contributed by atoms with Gasteiger partial charge in [0, 0.05) is 12.3 Å². The molecule has 1 aliphatic rings. The molecule has 0 bridgehead atoms. The Balaban J connectivity index is 2.00. The first-order valence-corrected chi connectivity index (χ1v) is 8.56. The van der Waals surface area contributed by atoms with Gasteiger partial charge in [-0.15, -0.1) is 5.10 Å². The lowest BCUT2D eigenvalue weighted by Crippen LogP contribution is -2.18. The normalized spacial score (nSPS) is 20.8. The maximum Gasteiger partial charge on any atom is 0.171 e. The Morgan fingerprint density at radius 2 is 1.92 bits per heavy atom. The smallest absolute Gasteiger partial charge is 0.171 e. The highest BCUT2D eigenvalue weighted by molar-refractivity contribution is 6.29. The molecule has 0 saturated heterocycles. The summed E-state index contributed by atoms with van der Waals surface area (Å²) >= 11 is 5.82. The van der Waals surface area contributed by atoms with Crippen LogP contribution in [0.4, 0.5) is 0 Å². The van der Waals surface area contributed by atoms with E-state index < -0.39 is 5.92 Å². The molecular formula is C18H20ClN3O2. The summed E-state index contributed by atoms with van der Waals surface area (Å²) in [6.07, 6.45) is 3.70. The fourth-order valence-corrected chi connectivity index (χ4v) is 3.79. The van der Waals surface area contributed by atoms with Gasteiger partial charge in [-0.3, -0.25) is 9.59 Å². The monoisotopic (exact) mass is 345 g/mol. The Bertz CT molecular complexity index is 789. The van der Waals surface area contributed by atoms with Gasteiger partial charge in [-0.1, -0.05) is 30.2 Å². The van der Waals surface area contributed by atoms with Crippen molar-refractivity contribution in [3.63, 3.8) is 0 Å². The van der Waals surface area contributed by atoms with Crippen LogP contribution in [0.15, 0.2) is 18.3 Å². The van der Waals surface area contributed by atoms with Crippen LogP contribution in [-0.4, -0.2) is 26.6 Å². The molecule has 1 heterocycles. The number of carbonyl (C=O) groups is 2. The maximum atomic E-state index is 12.7. The van der Waals surface area contributed by atoms with E-state index in [1.54, 1.807) is 10.9 Å². The van der Waals surface area contributed by atoms with Crippen molar-refractivity contribution < 1.29 is 9.59 Å². The summed E-state index contributed by atoms with van der Waals surface area (Å²) in [6.45, 7) is 5.90. The zero-order valence-electron chi connectivity index (χ0n) is 14.0. The number of hydrogen-bond donors (Lipinski definition) is 0. The van der Waals surface area contributed by atoms with Gasteiger partial charge in [0.15, 0.2) is 10.9 Å². The number of ketones is 2. The zero-order chi connectivity index (χ0) is 17.4. The molecule has 126 valence electrons. The van der Waals surface area contributed by atoms with Crippen molar-refractivity contribution >= 4 is 23.2 Å². The van der Waals surface area contributed by atoms with Gasteiger partial charge >= 0.3 is 0 Å². The van der Waals surface area contributed by atoms with Crippen molar-refractivity contribution in [2.75, 3.05) is 0 Å². The molecule has 0 spiro atoms. The number of carbonyl (C=O) groups excluding carboxylic acids is 2. The average Bonchev–Trinajstić information content (AvgIpc) is 3.06. The van der Waals surface area contributed by atoms with Crippen LogP contribution in [0.3, 0.4) is 0 Å². The second-order valence-electron chi connectivity index (χ2n) is 6.47. The third kappa shape index (κ3) is 2.88. The van der Waals surface area contributed by atoms with Crippen LogP contribution in [0.2, 0.25) is 5.15 Å². The Labute approximate surface area is 146 Å². The number of halogens is 1. The largest absolute Gasteiger partial charge is 0.298 e. The summed E-state index contributed by atoms with van der Waals surface area (Å²) in [6, 6.07) is 3.84. The van der Waals surface area contributed by atoms with Gasteiger partial charge in [-0.05, 0) is 49.1 Å². The lowest BCUT2D eigenvalue weighted by atomic mass is 9.86. The fourth-order valence-electron chi connectivity index (χ4n) is 3.66. The molecule has 0 radical (unpaired) electrons. The Kier molecular flexibility index (Phi) is 4.54. The molecule has 0 aliphatic heterocycles. The van der Waals surface area contributed by atoms with E-state index in [-0.39, 0.29) is 17.5 Å². The number of aryl methyl sites for hydroxylation is 2. The van der Waals surface area contributed by atoms with Crippen molar-refractivity contribution in [2.45, 2.75) is 46.0 Å². The SMILES string of the molecule is CCCC1CC(=O)C(c2c(C)cc(-n3cc(Cl)nn3)cc2C)C1=O. The van der Waals surface area contributed by atoms with E-state index in [1.165, 1.54) is 0 Å². The van der Waals surface area contributed by atoms with Crippen molar-refractivity contribution in [1.82, 2.24) is 15.0 Å². The molecule has 6 heteroatoms. The third-order valence-electron chi connectivity index (χ3n) is 4.69. The van der Waals surface area contributed by atoms with E-state index in [1.807, 2.05) is 32.9 Å². The molecule has 0 N–H and O–H groups in total. The van der Waals surface area contributed by atoms with Crippen molar-refractivity contribution in [1.29, 1.82) is 0 Å². The summed E-state index contributed by atoms with van der Waals surface area (Å²) in [7, 11) is 0. The summed E-state index contributed by atoms with van der Waals surface area (Å²) in [5.41, 5.74) is 3.50. The van der Waals surface area contributed by atoms with Crippen molar-refractivity contribution in [2.24, 2.45) is 5.92 Å². The number of nitrogens with zero attached hydrogens (tertiary/aromatic N) is 3. The molecule has 1 aliphatic carbocycles. The van der Waals surface area contributed by atoms with Crippen molar-refractivity contribution in [3.8, 4) is 5.69 Å². The molecule has 2 aromatic rings. The highest BCUT2D eigenvalue weighted by Gasteiger charge is 2.42. The Morgan fingerprint density at radius 3 is 2.46 bits per heavy atom. The van der Waals surface area contributed by atoms with E-state index in [0.29, 0.717) is 11.6 Å². The number of rotatable bonds is 4.